The highest BCUT2D eigenvalue weighted by molar-refractivity contribution is 9.10. The molecule has 0 spiro atoms. The van der Waals surface area contributed by atoms with Crippen LogP contribution in [0.4, 0.5) is 0 Å². The van der Waals surface area contributed by atoms with Crippen molar-refractivity contribution in [3.8, 4) is 0 Å². The van der Waals surface area contributed by atoms with Gasteiger partial charge in [-0.25, -0.2) is 0 Å². The van der Waals surface area contributed by atoms with E-state index in [1.807, 2.05) is 36.0 Å². The molecule has 0 aromatic heterocycles. The molecule has 1 aromatic rings. The van der Waals surface area contributed by atoms with E-state index in [1.54, 1.807) is 0 Å². The number of rotatable bonds is 6. The molecule has 4 heteroatoms. The third-order valence-corrected chi connectivity index (χ3v) is 3.39. The Balaban J connectivity index is 2.27. The number of hydrogen-bond acceptors (Lipinski definition) is 2. The molecule has 0 aliphatic carbocycles. The number of unbranched alkanes of at least 4 members (excludes halogenated alkanes) is 1. The molecule has 88 valence electrons. The number of thioether (sulfide) groups is 1. The van der Waals surface area contributed by atoms with Crippen molar-refractivity contribution < 1.29 is 4.79 Å². The van der Waals surface area contributed by atoms with Crippen molar-refractivity contribution >= 4 is 33.6 Å². The second kappa shape index (κ2) is 7.74. The van der Waals surface area contributed by atoms with Gasteiger partial charge in [-0.15, -0.1) is 0 Å². The minimum Gasteiger partial charge on any atom is -0.352 e. The summed E-state index contributed by atoms with van der Waals surface area (Å²) in [5, 5.41) is 2.91. The topological polar surface area (TPSA) is 29.1 Å². The van der Waals surface area contributed by atoms with Gasteiger partial charge in [0.2, 0.25) is 0 Å². The van der Waals surface area contributed by atoms with E-state index in [4.69, 9.17) is 0 Å². The lowest BCUT2D eigenvalue weighted by Crippen LogP contribution is -2.24. The second-order valence-electron chi connectivity index (χ2n) is 3.46. The molecule has 0 atom stereocenters. The van der Waals surface area contributed by atoms with Crippen molar-refractivity contribution in [2.45, 2.75) is 12.8 Å². The number of benzene rings is 1. The average molecular weight is 302 g/mol. The summed E-state index contributed by atoms with van der Waals surface area (Å²) in [5.74, 6) is 1.17. The van der Waals surface area contributed by atoms with Gasteiger partial charge in [0.25, 0.3) is 5.91 Å². The van der Waals surface area contributed by atoms with Crippen LogP contribution >= 0.6 is 27.7 Å². The second-order valence-corrected chi connectivity index (χ2v) is 5.36. The number of amides is 1. The molecular weight excluding hydrogens is 286 g/mol. The van der Waals surface area contributed by atoms with Crippen LogP contribution in [0.5, 0.6) is 0 Å². The van der Waals surface area contributed by atoms with Crippen LogP contribution < -0.4 is 5.32 Å². The van der Waals surface area contributed by atoms with E-state index >= 15 is 0 Å². The van der Waals surface area contributed by atoms with Crippen LogP contribution in [0.3, 0.4) is 0 Å². The van der Waals surface area contributed by atoms with Crippen LogP contribution in [0.2, 0.25) is 0 Å². The molecular formula is C12H16BrNOS. The van der Waals surface area contributed by atoms with Gasteiger partial charge in [-0.2, -0.15) is 11.8 Å². The quantitative estimate of drug-likeness (QED) is 0.817. The third-order valence-electron chi connectivity index (χ3n) is 2.17. The van der Waals surface area contributed by atoms with Gasteiger partial charge in [0.05, 0.1) is 0 Å². The zero-order valence-corrected chi connectivity index (χ0v) is 11.7. The van der Waals surface area contributed by atoms with Gasteiger partial charge in [-0.05, 0) is 49.1 Å². The fourth-order valence-corrected chi connectivity index (χ4v) is 2.03. The molecule has 0 heterocycles. The summed E-state index contributed by atoms with van der Waals surface area (Å²) in [4.78, 5) is 11.7. The molecule has 0 saturated carbocycles. The lowest BCUT2D eigenvalue weighted by molar-refractivity contribution is 0.0953. The zero-order valence-electron chi connectivity index (χ0n) is 9.33. The Hall–Kier alpha value is -0.480. The molecule has 0 aliphatic rings. The summed E-state index contributed by atoms with van der Waals surface area (Å²) in [6, 6.07) is 7.40. The number of hydrogen-bond donors (Lipinski definition) is 1. The molecule has 16 heavy (non-hydrogen) atoms. The fraction of sp³-hybridized carbons (Fsp3) is 0.417. The minimum absolute atomic E-state index is 0.0108. The number of nitrogens with one attached hydrogen (secondary N) is 1. The molecule has 0 saturated heterocycles. The maximum absolute atomic E-state index is 11.7. The normalized spacial score (nSPS) is 10.1. The van der Waals surface area contributed by atoms with E-state index in [1.165, 1.54) is 0 Å². The van der Waals surface area contributed by atoms with Gasteiger partial charge in [-0.3, -0.25) is 4.79 Å². The molecule has 0 aliphatic heterocycles. The van der Waals surface area contributed by atoms with Crippen LogP contribution in [0, 0.1) is 0 Å². The zero-order chi connectivity index (χ0) is 11.8. The van der Waals surface area contributed by atoms with Gasteiger partial charge in [0.15, 0.2) is 0 Å². The van der Waals surface area contributed by atoms with Gasteiger partial charge in [0.1, 0.15) is 0 Å². The first-order chi connectivity index (χ1) is 7.74. The van der Waals surface area contributed by atoms with E-state index in [9.17, 15) is 4.79 Å². The minimum atomic E-state index is 0.0108. The van der Waals surface area contributed by atoms with E-state index in [-0.39, 0.29) is 5.91 Å². The first kappa shape index (κ1) is 13.6. The Morgan fingerprint density at radius 3 is 2.62 bits per heavy atom. The Morgan fingerprint density at radius 2 is 2.00 bits per heavy atom. The van der Waals surface area contributed by atoms with E-state index in [0.29, 0.717) is 5.56 Å². The predicted molar refractivity (Wildman–Crippen MR) is 74.1 cm³/mol. The van der Waals surface area contributed by atoms with Gasteiger partial charge < -0.3 is 5.32 Å². The molecule has 1 N–H and O–H groups in total. The van der Waals surface area contributed by atoms with E-state index in [2.05, 4.69) is 27.5 Å². The Kier molecular flexibility index (Phi) is 6.57. The molecule has 0 unspecified atom stereocenters. The van der Waals surface area contributed by atoms with Crippen molar-refractivity contribution in [1.29, 1.82) is 0 Å². The Labute approximate surface area is 109 Å². The average Bonchev–Trinajstić information content (AvgIpc) is 2.29. The molecule has 2 nitrogen and oxygen atoms in total. The van der Waals surface area contributed by atoms with E-state index in [0.717, 1.165) is 29.6 Å². The highest BCUT2D eigenvalue weighted by atomic mass is 79.9. The summed E-state index contributed by atoms with van der Waals surface area (Å²) in [7, 11) is 0. The van der Waals surface area contributed by atoms with E-state index < -0.39 is 0 Å². The summed E-state index contributed by atoms with van der Waals surface area (Å²) in [6.07, 6.45) is 4.30. The van der Waals surface area contributed by atoms with Crippen LogP contribution in [0.15, 0.2) is 28.7 Å². The molecule has 1 amide bonds. The Bertz CT molecular complexity index is 326. The molecule has 1 aromatic carbocycles. The van der Waals surface area contributed by atoms with Crippen molar-refractivity contribution in [3.63, 3.8) is 0 Å². The summed E-state index contributed by atoms with van der Waals surface area (Å²) < 4.78 is 0.990. The van der Waals surface area contributed by atoms with Gasteiger partial charge in [0, 0.05) is 16.6 Å². The van der Waals surface area contributed by atoms with Crippen LogP contribution in [0.25, 0.3) is 0 Å². The third kappa shape index (κ3) is 5.03. The van der Waals surface area contributed by atoms with Gasteiger partial charge in [-0.1, -0.05) is 15.9 Å². The van der Waals surface area contributed by atoms with Gasteiger partial charge >= 0.3 is 0 Å². The number of halogens is 1. The van der Waals surface area contributed by atoms with Crippen LogP contribution in [-0.4, -0.2) is 24.5 Å². The van der Waals surface area contributed by atoms with Crippen LogP contribution in [0.1, 0.15) is 23.2 Å². The largest absolute Gasteiger partial charge is 0.352 e. The first-order valence-electron chi connectivity index (χ1n) is 5.26. The predicted octanol–water partition coefficient (Wildman–Crippen LogP) is 3.32. The van der Waals surface area contributed by atoms with Crippen molar-refractivity contribution in [3.05, 3.63) is 34.3 Å². The van der Waals surface area contributed by atoms with Crippen molar-refractivity contribution in [1.82, 2.24) is 5.32 Å². The van der Waals surface area contributed by atoms with Crippen molar-refractivity contribution in [2.24, 2.45) is 0 Å². The molecule has 1 rings (SSSR count). The lowest BCUT2D eigenvalue weighted by atomic mass is 10.2. The number of carbonyl (C=O) groups is 1. The monoisotopic (exact) mass is 301 g/mol. The smallest absolute Gasteiger partial charge is 0.251 e. The van der Waals surface area contributed by atoms with Crippen molar-refractivity contribution in [2.75, 3.05) is 18.6 Å². The highest BCUT2D eigenvalue weighted by Gasteiger charge is 2.03. The SMILES string of the molecule is CSCCCCNC(=O)c1ccc(Br)cc1. The fourth-order valence-electron chi connectivity index (χ4n) is 1.28. The standard InChI is InChI=1S/C12H16BrNOS/c1-16-9-3-2-8-14-12(15)10-4-6-11(13)7-5-10/h4-7H,2-3,8-9H2,1H3,(H,14,15). The molecule has 0 radical (unpaired) electrons. The molecule has 0 bridgehead atoms. The molecule has 0 fully saturated rings. The summed E-state index contributed by atoms with van der Waals surface area (Å²) in [6.45, 7) is 0.759. The highest BCUT2D eigenvalue weighted by Crippen LogP contribution is 2.10. The summed E-state index contributed by atoms with van der Waals surface area (Å²) >= 11 is 5.18. The maximum atomic E-state index is 11.7. The van der Waals surface area contributed by atoms with Crippen LogP contribution in [-0.2, 0) is 0 Å². The first-order valence-corrected chi connectivity index (χ1v) is 7.45. The lowest BCUT2D eigenvalue weighted by Gasteiger charge is -2.04. The maximum Gasteiger partial charge on any atom is 0.251 e. The summed E-state index contributed by atoms with van der Waals surface area (Å²) in [5.41, 5.74) is 0.716. The number of carbonyl (C=O) groups excluding carboxylic acids is 1. The Morgan fingerprint density at radius 1 is 1.31 bits per heavy atom.